The molecule has 1 aliphatic carbocycles. The van der Waals surface area contributed by atoms with Crippen LogP contribution in [0.25, 0.3) is 0 Å². The molecule has 0 aliphatic heterocycles. The lowest BCUT2D eigenvalue weighted by atomic mass is 9.86. The molecule has 0 bridgehead atoms. The first-order valence-corrected chi connectivity index (χ1v) is 6.92. The van der Waals surface area contributed by atoms with Gasteiger partial charge in [0.25, 0.3) is 0 Å². The standard InChI is InChI=1S/C14H29N/c1-5-9-15-14(12(4)6-2)13-8-7-11(3)10-13/h11-15H,5-10H2,1-4H3. The fourth-order valence-corrected chi connectivity index (χ4v) is 2.97. The average Bonchev–Trinajstić information content (AvgIpc) is 2.65. The summed E-state index contributed by atoms with van der Waals surface area (Å²) in [6.45, 7) is 10.6. The Balaban J connectivity index is 2.47. The van der Waals surface area contributed by atoms with E-state index in [0.717, 1.165) is 23.8 Å². The Hall–Kier alpha value is -0.0400. The molecule has 0 aromatic heterocycles. The van der Waals surface area contributed by atoms with Gasteiger partial charge < -0.3 is 5.32 Å². The van der Waals surface area contributed by atoms with Gasteiger partial charge in [-0.3, -0.25) is 0 Å². The van der Waals surface area contributed by atoms with E-state index in [9.17, 15) is 0 Å². The minimum absolute atomic E-state index is 0.778. The van der Waals surface area contributed by atoms with E-state index < -0.39 is 0 Å². The highest BCUT2D eigenvalue weighted by Crippen LogP contribution is 2.35. The van der Waals surface area contributed by atoms with Crippen LogP contribution in [0.1, 0.15) is 59.8 Å². The molecule has 4 atom stereocenters. The van der Waals surface area contributed by atoms with E-state index in [-0.39, 0.29) is 0 Å². The zero-order chi connectivity index (χ0) is 11.3. The van der Waals surface area contributed by atoms with E-state index in [1.165, 1.54) is 38.6 Å². The summed E-state index contributed by atoms with van der Waals surface area (Å²) in [6.07, 6.45) is 6.92. The zero-order valence-electron chi connectivity index (χ0n) is 11.1. The van der Waals surface area contributed by atoms with Gasteiger partial charge in [0.1, 0.15) is 0 Å². The Morgan fingerprint density at radius 2 is 2.00 bits per heavy atom. The lowest BCUT2D eigenvalue weighted by Crippen LogP contribution is -2.40. The minimum Gasteiger partial charge on any atom is -0.313 e. The first-order chi connectivity index (χ1) is 7.19. The third-order valence-corrected chi connectivity index (χ3v) is 4.13. The Morgan fingerprint density at radius 1 is 1.27 bits per heavy atom. The summed E-state index contributed by atoms with van der Waals surface area (Å²) >= 11 is 0. The second kappa shape index (κ2) is 6.52. The van der Waals surface area contributed by atoms with Gasteiger partial charge in [-0.1, -0.05) is 40.5 Å². The third kappa shape index (κ3) is 3.79. The van der Waals surface area contributed by atoms with Crippen molar-refractivity contribution in [1.29, 1.82) is 0 Å². The molecular formula is C14H29N. The van der Waals surface area contributed by atoms with Crippen LogP contribution in [0, 0.1) is 17.8 Å². The lowest BCUT2D eigenvalue weighted by molar-refractivity contribution is 0.263. The molecule has 1 aliphatic rings. The van der Waals surface area contributed by atoms with Crippen LogP contribution in [-0.4, -0.2) is 12.6 Å². The van der Waals surface area contributed by atoms with Gasteiger partial charge in [-0.05, 0) is 43.6 Å². The van der Waals surface area contributed by atoms with E-state index in [1.54, 1.807) is 0 Å². The molecule has 0 spiro atoms. The molecule has 1 fully saturated rings. The van der Waals surface area contributed by atoms with Crippen LogP contribution in [0.5, 0.6) is 0 Å². The van der Waals surface area contributed by atoms with Crippen LogP contribution in [0.4, 0.5) is 0 Å². The third-order valence-electron chi connectivity index (χ3n) is 4.13. The minimum atomic E-state index is 0.778. The smallest absolute Gasteiger partial charge is 0.0121 e. The Kier molecular flexibility index (Phi) is 5.66. The van der Waals surface area contributed by atoms with Crippen LogP contribution >= 0.6 is 0 Å². The van der Waals surface area contributed by atoms with Gasteiger partial charge in [-0.15, -0.1) is 0 Å². The average molecular weight is 211 g/mol. The van der Waals surface area contributed by atoms with E-state index in [2.05, 4.69) is 33.0 Å². The van der Waals surface area contributed by atoms with E-state index in [0.29, 0.717) is 0 Å². The van der Waals surface area contributed by atoms with E-state index >= 15 is 0 Å². The molecule has 0 radical (unpaired) electrons. The molecule has 4 unspecified atom stereocenters. The summed E-state index contributed by atoms with van der Waals surface area (Å²) in [5, 5.41) is 3.78. The second-order valence-electron chi connectivity index (χ2n) is 5.54. The number of rotatable bonds is 6. The highest BCUT2D eigenvalue weighted by atomic mass is 14.9. The van der Waals surface area contributed by atoms with Gasteiger partial charge >= 0.3 is 0 Å². The predicted molar refractivity (Wildman–Crippen MR) is 68.0 cm³/mol. The maximum absolute atomic E-state index is 3.78. The quantitative estimate of drug-likeness (QED) is 0.704. The lowest BCUT2D eigenvalue weighted by Gasteiger charge is -2.30. The maximum atomic E-state index is 3.78. The first-order valence-electron chi connectivity index (χ1n) is 6.92. The summed E-state index contributed by atoms with van der Waals surface area (Å²) in [6, 6.07) is 0.778. The van der Waals surface area contributed by atoms with Crippen LogP contribution in [-0.2, 0) is 0 Å². The Morgan fingerprint density at radius 3 is 2.47 bits per heavy atom. The van der Waals surface area contributed by atoms with Crippen molar-refractivity contribution in [1.82, 2.24) is 5.32 Å². The van der Waals surface area contributed by atoms with Gasteiger partial charge in [0.2, 0.25) is 0 Å². The van der Waals surface area contributed by atoms with Crippen molar-refractivity contribution in [3.8, 4) is 0 Å². The molecule has 1 N–H and O–H groups in total. The molecule has 0 heterocycles. The predicted octanol–water partition coefficient (Wildman–Crippen LogP) is 3.84. The first kappa shape index (κ1) is 13.0. The summed E-state index contributed by atoms with van der Waals surface area (Å²) in [4.78, 5) is 0. The van der Waals surface area contributed by atoms with Gasteiger partial charge in [-0.25, -0.2) is 0 Å². The summed E-state index contributed by atoms with van der Waals surface area (Å²) in [5.74, 6) is 2.75. The summed E-state index contributed by atoms with van der Waals surface area (Å²) in [7, 11) is 0. The van der Waals surface area contributed by atoms with E-state index in [1.807, 2.05) is 0 Å². The molecule has 1 saturated carbocycles. The number of hydrogen-bond acceptors (Lipinski definition) is 1. The van der Waals surface area contributed by atoms with Crippen LogP contribution in [0.3, 0.4) is 0 Å². The van der Waals surface area contributed by atoms with Gasteiger partial charge in [0.15, 0.2) is 0 Å². The molecule has 90 valence electrons. The van der Waals surface area contributed by atoms with Crippen molar-refractivity contribution >= 4 is 0 Å². The normalized spacial score (nSPS) is 30.4. The van der Waals surface area contributed by atoms with Crippen molar-refractivity contribution in [2.75, 3.05) is 6.54 Å². The Bertz CT molecular complexity index is 167. The second-order valence-corrected chi connectivity index (χ2v) is 5.54. The zero-order valence-corrected chi connectivity index (χ0v) is 11.1. The summed E-state index contributed by atoms with van der Waals surface area (Å²) in [5.41, 5.74) is 0. The molecule has 0 saturated heterocycles. The maximum Gasteiger partial charge on any atom is 0.0121 e. The van der Waals surface area contributed by atoms with Crippen molar-refractivity contribution < 1.29 is 0 Å². The Labute approximate surface area is 96.0 Å². The molecule has 0 aromatic rings. The molecule has 15 heavy (non-hydrogen) atoms. The highest BCUT2D eigenvalue weighted by molar-refractivity contribution is 4.85. The van der Waals surface area contributed by atoms with Crippen molar-refractivity contribution in [3.05, 3.63) is 0 Å². The fourth-order valence-electron chi connectivity index (χ4n) is 2.97. The van der Waals surface area contributed by atoms with Crippen LogP contribution in [0.2, 0.25) is 0 Å². The number of hydrogen-bond donors (Lipinski definition) is 1. The SMILES string of the molecule is CCCNC(C(C)CC)C1CCC(C)C1. The van der Waals surface area contributed by atoms with Crippen molar-refractivity contribution in [3.63, 3.8) is 0 Å². The molecular weight excluding hydrogens is 182 g/mol. The topological polar surface area (TPSA) is 12.0 Å². The molecule has 0 amide bonds. The van der Waals surface area contributed by atoms with Crippen molar-refractivity contribution in [2.24, 2.45) is 17.8 Å². The van der Waals surface area contributed by atoms with Gasteiger partial charge in [-0.2, -0.15) is 0 Å². The molecule has 1 nitrogen and oxygen atoms in total. The van der Waals surface area contributed by atoms with Gasteiger partial charge in [0, 0.05) is 6.04 Å². The monoisotopic (exact) mass is 211 g/mol. The summed E-state index contributed by atoms with van der Waals surface area (Å²) < 4.78 is 0. The van der Waals surface area contributed by atoms with Gasteiger partial charge in [0.05, 0.1) is 0 Å². The number of nitrogens with one attached hydrogen (secondary N) is 1. The largest absolute Gasteiger partial charge is 0.313 e. The van der Waals surface area contributed by atoms with Crippen LogP contribution < -0.4 is 5.32 Å². The molecule has 1 rings (SSSR count). The van der Waals surface area contributed by atoms with Crippen molar-refractivity contribution in [2.45, 2.75) is 65.8 Å². The molecule has 0 aromatic carbocycles. The molecule has 1 heteroatoms. The van der Waals surface area contributed by atoms with E-state index in [4.69, 9.17) is 0 Å². The highest BCUT2D eigenvalue weighted by Gasteiger charge is 2.30. The van der Waals surface area contributed by atoms with Crippen LogP contribution in [0.15, 0.2) is 0 Å². The fraction of sp³-hybridized carbons (Fsp3) is 1.00.